The molecule has 0 aromatic heterocycles. The molecule has 0 saturated heterocycles. The average molecular weight is 337 g/mol. The monoisotopic (exact) mass is 336 g/mol. The third kappa shape index (κ3) is 1.90. The van der Waals surface area contributed by atoms with Gasteiger partial charge in [0.15, 0.2) is 0 Å². The van der Waals surface area contributed by atoms with E-state index in [2.05, 4.69) is 28.7 Å². The maximum Gasteiger partial charge on any atom is 0.407 e. The van der Waals surface area contributed by atoms with E-state index in [-0.39, 0.29) is 6.98 Å². The van der Waals surface area contributed by atoms with Crippen molar-refractivity contribution in [3.05, 3.63) is 64.6 Å². The van der Waals surface area contributed by atoms with Crippen LogP contribution in [0.4, 0.5) is 11.4 Å². The fraction of sp³-hybridized carbons (Fsp3) is 0. The lowest BCUT2D eigenvalue weighted by molar-refractivity contribution is 1.51. The second-order valence-electron chi connectivity index (χ2n) is 5.87. The normalized spacial score (nSPS) is 13.4. The van der Waals surface area contributed by atoms with Crippen LogP contribution < -0.4 is 15.9 Å². The standard InChI is InChI=1S/C18H11BCl2N2/c20-10-4-6-16-14(8-10)12-2-1-3-13-15-9-11(21)5-7-17(15)23-19(22-16)18(12)13/h1-9,22-23H. The van der Waals surface area contributed by atoms with Crippen LogP contribution in [0.3, 0.4) is 0 Å². The second-order valence-corrected chi connectivity index (χ2v) is 6.74. The quantitative estimate of drug-likeness (QED) is 0.572. The molecule has 3 aromatic carbocycles. The van der Waals surface area contributed by atoms with Gasteiger partial charge in [0.25, 0.3) is 0 Å². The molecule has 0 fully saturated rings. The molecule has 0 atom stereocenters. The van der Waals surface area contributed by atoms with Crippen LogP contribution in [0.5, 0.6) is 0 Å². The molecule has 0 saturated carbocycles. The fourth-order valence-corrected chi connectivity index (χ4v) is 3.91. The van der Waals surface area contributed by atoms with Crippen molar-refractivity contribution < 1.29 is 0 Å². The van der Waals surface area contributed by atoms with Gasteiger partial charge in [-0.25, -0.2) is 0 Å². The summed E-state index contributed by atoms with van der Waals surface area (Å²) in [6, 6.07) is 18.3. The van der Waals surface area contributed by atoms with Crippen LogP contribution in [0.2, 0.25) is 10.0 Å². The molecule has 23 heavy (non-hydrogen) atoms. The largest absolute Gasteiger partial charge is 0.407 e. The first-order valence-electron chi connectivity index (χ1n) is 7.46. The van der Waals surface area contributed by atoms with E-state index < -0.39 is 0 Å². The molecule has 3 aromatic rings. The van der Waals surface area contributed by atoms with E-state index in [1.165, 1.54) is 16.6 Å². The number of fused-ring (bicyclic) bond motifs is 4. The maximum atomic E-state index is 6.21. The predicted molar refractivity (Wildman–Crippen MR) is 100.0 cm³/mol. The van der Waals surface area contributed by atoms with Crippen LogP contribution in [-0.4, -0.2) is 6.98 Å². The highest BCUT2D eigenvalue weighted by atomic mass is 35.5. The van der Waals surface area contributed by atoms with E-state index in [4.69, 9.17) is 23.2 Å². The van der Waals surface area contributed by atoms with E-state index in [0.717, 1.165) is 32.5 Å². The molecule has 0 unspecified atom stereocenters. The average Bonchev–Trinajstić information content (AvgIpc) is 2.56. The Hall–Kier alpha value is -2.10. The zero-order chi connectivity index (χ0) is 15.6. The number of hydrogen-bond acceptors (Lipinski definition) is 2. The van der Waals surface area contributed by atoms with Gasteiger partial charge in [-0.05, 0) is 53.0 Å². The molecular weight excluding hydrogens is 326 g/mol. The van der Waals surface area contributed by atoms with Gasteiger partial charge >= 0.3 is 6.98 Å². The van der Waals surface area contributed by atoms with Crippen LogP contribution in [0, 0.1) is 0 Å². The zero-order valence-corrected chi connectivity index (χ0v) is 13.5. The van der Waals surface area contributed by atoms with Crippen LogP contribution in [-0.2, 0) is 0 Å². The molecule has 0 bridgehead atoms. The van der Waals surface area contributed by atoms with Gasteiger partial charge in [-0.2, -0.15) is 0 Å². The topological polar surface area (TPSA) is 24.1 Å². The van der Waals surface area contributed by atoms with E-state index in [1.807, 2.05) is 36.4 Å². The fourth-order valence-electron chi connectivity index (χ4n) is 3.57. The first-order chi connectivity index (χ1) is 11.2. The summed E-state index contributed by atoms with van der Waals surface area (Å²) < 4.78 is 0. The smallest absolute Gasteiger partial charge is 0.405 e. The Bertz CT molecular complexity index is 897. The highest BCUT2D eigenvalue weighted by Crippen LogP contribution is 2.40. The molecule has 2 aliphatic rings. The van der Waals surface area contributed by atoms with E-state index >= 15 is 0 Å². The summed E-state index contributed by atoms with van der Waals surface area (Å²) in [6.07, 6.45) is 0. The molecule has 2 N–H and O–H groups in total. The summed E-state index contributed by atoms with van der Waals surface area (Å²) in [7, 11) is 0. The molecule has 2 nitrogen and oxygen atoms in total. The second kappa shape index (κ2) is 4.70. The highest BCUT2D eigenvalue weighted by molar-refractivity contribution is 6.83. The minimum Gasteiger partial charge on any atom is -0.405 e. The molecule has 0 radical (unpaired) electrons. The van der Waals surface area contributed by atoms with Gasteiger partial charge in [0.2, 0.25) is 0 Å². The van der Waals surface area contributed by atoms with Gasteiger partial charge in [0.05, 0.1) is 0 Å². The van der Waals surface area contributed by atoms with Gasteiger partial charge in [-0.15, -0.1) is 0 Å². The lowest BCUT2D eigenvalue weighted by Crippen LogP contribution is -2.52. The first-order valence-corrected chi connectivity index (χ1v) is 8.22. The number of anilines is 2. The van der Waals surface area contributed by atoms with Crippen LogP contribution in [0.1, 0.15) is 0 Å². The van der Waals surface area contributed by atoms with Gasteiger partial charge in [-0.1, -0.05) is 41.4 Å². The minimum absolute atomic E-state index is 0.0450. The van der Waals surface area contributed by atoms with E-state index in [1.54, 1.807) is 0 Å². The van der Waals surface area contributed by atoms with Crippen molar-refractivity contribution in [1.82, 2.24) is 0 Å². The SMILES string of the molecule is Clc1ccc2c(c1)-c1cccc3c1B(N2)Nc1ccc(Cl)cc1-3. The number of benzene rings is 3. The maximum absolute atomic E-state index is 6.21. The minimum atomic E-state index is 0.0450. The van der Waals surface area contributed by atoms with Crippen molar-refractivity contribution in [2.75, 3.05) is 10.5 Å². The molecule has 0 aliphatic carbocycles. The molecule has 2 heterocycles. The summed E-state index contributed by atoms with van der Waals surface area (Å²) in [5, 5.41) is 8.64. The summed E-state index contributed by atoms with van der Waals surface area (Å²) in [5.41, 5.74) is 8.12. The van der Waals surface area contributed by atoms with Crippen molar-refractivity contribution >= 4 is 47.0 Å². The number of hydrogen-bond donors (Lipinski definition) is 2. The summed E-state index contributed by atoms with van der Waals surface area (Å²) >= 11 is 12.4. The first kappa shape index (κ1) is 13.4. The van der Waals surface area contributed by atoms with Crippen LogP contribution in [0.25, 0.3) is 22.3 Å². The molecule has 0 amide bonds. The molecular formula is C18H11BCl2N2. The van der Waals surface area contributed by atoms with Crippen LogP contribution in [0.15, 0.2) is 54.6 Å². The lowest BCUT2D eigenvalue weighted by Gasteiger charge is -2.34. The third-order valence-electron chi connectivity index (χ3n) is 4.54. The molecule has 110 valence electrons. The molecule has 0 spiro atoms. The van der Waals surface area contributed by atoms with Gasteiger partial charge in [0.1, 0.15) is 0 Å². The zero-order valence-electron chi connectivity index (χ0n) is 12.0. The Morgan fingerprint density at radius 2 is 1.17 bits per heavy atom. The number of nitrogens with one attached hydrogen (secondary N) is 2. The molecule has 5 heteroatoms. The Morgan fingerprint density at radius 1 is 0.652 bits per heavy atom. The Balaban J connectivity index is 1.84. The van der Waals surface area contributed by atoms with Gasteiger partial charge < -0.3 is 10.5 Å². The third-order valence-corrected chi connectivity index (χ3v) is 5.01. The van der Waals surface area contributed by atoms with Crippen LogP contribution >= 0.6 is 23.2 Å². The Kier molecular flexibility index (Phi) is 2.73. The van der Waals surface area contributed by atoms with Crippen molar-refractivity contribution in [1.29, 1.82) is 0 Å². The van der Waals surface area contributed by atoms with Crippen molar-refractivity contribution in [3.8, 4) is 22.3 Å². The molecule has 2 aliphatic heterocycles. The predicted octanol–water partition coefficient (Wildman–Crippen LogP) is 4.87. The van der Waals surface area contributed by atoms with Crippen molar-refractivity contribution in [2.45, 2.75) is 0 Å². The highest BCUT2D eigenvalue weighted by Gasteiger charge is 2.35. The summed E-state index contributed by atoms with van der Waals surface area (Å²) in [5.74, 6) is 0. The van der Waals surface area contributed by atoms with Crippen molar-refractivity contribution in [3.63, 3.8) is 0 Å². The van der Waals surface area contributed by atoms with Gasteiger partial charge in [-0.3, -0.25) is 0 Å². The van der Waals surface area contributed by atoms with Gasteiger partial charge in [0, 0.05) is 32.5 Å². The summed E-state index contributed by atoms with van der Waals surface area (Å²) in [4.78, 5) is 0. The number of rotatable bonds is 0. The van der Waals surface area contributed by atoms with E-state index in [0.29, 0.717) is 0 Å². The Morgan fingerprint density at radius 3 is 1.70 bits per heavy atom. The lowest BCUT2D eigenvalue weighted by atomic mass is 9.57. The molecule has 5 rings (SSSR count). The van der Waals surface area contributed by atoms with Crippen molar-refractivity contribution in [2.24, 2.45) is 0 Å². The summed E-state index contributed by atoms with van der Waals surface area (Å²) in [6.45, 7) is 0.0450. The van der Waals surface area contributed by atoms with E-state index in [9.17, 15) is 0 Å². The Labute approximate surface area is 144 Å². The number of halogens is 2.